The van der Waals surface area contributed by atoms with Gasteiger partial charge in [0.2, 0.25) is 0 Å². The topological polar surface area (TPSA) is 91.7 Å². The number of hydrogen-bond donors (Lipinski definition) is 1. The highest BCUT2D eigenvalue weighted by molar-refractivity contribution is 6.07. The van der Waals surface area contributed by atoms with Gasteiger partial charge in [0.05, 0.1) is 18.2 Å². The molecule has 9 heteroatoms. The molecule has 1 atom stereocenters. The highest BCUT2D eigenvalue weighted by Crippen LogP contribution is 2.30. The molecule has 3 amide bonds. The standard InChI is InChI=1S/C20H17F2N3O4/c1-20(14-4-8-16(9-5-14)29-18(21)22)17(26)25(19(27)24-20)10-11-28-15-6-2-13(12-23)3-7-15/h2-9,18H,10-11H2,1H3,(H,24,27)/t20-/m0/s1. The number of ether oxygens (including phenoxy) is 2. The van der Waals surface area contributed by atoms with Gasteiger partial charge in [-0.25, -0.2) is 4.79 Å². The summed E-state index contributed by atoms with van der Waals surface area (Å²) in [4.78, 5) is 26.2. The van der Waals surface area contributed by atoms with Gasteiger partial charge < -0.3 is 14.8 Å². The van der Waals surface area contributed by atoms with Gasteiger partial charge in [-0.3, -0.25) is 9.69 Å². The molecular formula is C20H17F2N3O4. The fraction of sp³-hybridized carbons (Fsp3) is 0.250. The quantitative estimate of drug-likeness (QED) is 0.720. The first-order chi connectivity index (χ1) is 13.8. The van der Waals surface area contributed by atoms with Gasteiger partial charge >= 0.3 is 12.6 Å². The smallest absolute Gasteiger partial charge is 0.387 e. The molecule has 0 spiro atoms. The Hall–Kier alpha value is -3.67. The predicted octanol–water partition coefficient (Wildman–Crippen LogP) is 3.01. The zero-order chi connectivity index (χ0) is 21.0. The fourth-order valence-corrected chi connectivity index (χ4v) is 2.95. The lowest BCUT2D eigenvalue weighted by molar-refractivity contribution is -0.131. The van der Waals surface area contributed by atoms with Gasteiger partial charge in [0.1, 0.15) is 23.6 Å². The second-order valence-corrected chi connectivity index (χ2v) is 6.40. The number of alkyl halides is 2. The number of halogens is 2. The zero-order valence-electron chi connectivity index (χ0n) is 15.4. The molecule has 0 aromatic heterocycles. The van der Waals surface area contributed by atoms with Crippen molar-refractivity contribution in [2.75, 3.05) is 13.2 Å². The number of carbonyl (C=O) groups excluding carboxylic acids is 2. The number of nitrogens with one attached hydrogen (secondary N) is 1. The second kappa shape index (κ2) is 8.14. The molecule has 3 rings (SSSR count). The molecular weight excluding hydrogens is 384 g/mol. The van der Waals surface area contributed by atoms with E-state index >= 15 is 0 Å². The highest BCUT2D eigenvalue weighted by Gasteiger charge is 2.48. The molecule has 1 aliphatic heterocycles. The van der Waals surface area contributed by atoms with Crippen LogP contribution in [0.4, 0.5) is 13.6 Å². The molecule has 150 valence electrons. The van der Waals surface area contributed by atoms with Crippen LogP contribution in [0.15, 0.2) is 48.5 Å². The third-order valence-corrected chi connectivity index (χ3v) is 4.50. The summed E-state index contributed by atoms with van der Waals surface area (Å²) in [5.41, 5.74) is -0.394. The van der Waals surface area contributed by atoms with E-state index in [-0.39, 0.29) is 18.9 Å². The zero-order valence-corrected chi connectivity index (χ0v) is 15.4. The highest BCUT2D eigenvalue weighted by atomic mass is 19.3. The van der Waals surface area contributed by atoms with Crippen LogP contribution in [0, 0.1) is 11.3 Å². The van der Waals surface area contributed by atoms with Crippen molar-refractivity contribution in [1.82, 2.24) is 10.2 Å². The lowest BCUT2D eigenvalue weighted by atomic mass is 9.92. The second-order valence-electron chi connectivity index (χ2n) is 6.40. The van der Waals surface area contributed by atoms with Crippen molar-refractivity contribution in [3.63, 3.8) is 0 Å². The van der Waals surface area contributed by atoms with Gasteiger partial charge in [-0.2, -0.15) is 14.0 Å². The average molecular weight is 401 g/mol. The maximum atomic E-state index is 12.8. The minimum Gasteiger partial charge on any atom is -0.492 e. The molecule has 29 heavy (non-hydrogen) atoms. The predicted molar refractivity (Wildman–Crippen MR) is 97.3 cm³/mol. The van der Waals surface area contributed by atoms with Crippen molar-refractivity contribution in [2.45, 2.75) is 19.1 Å². The van der Waals surface area contributed by atoms with Crippen LogP contribution >= 0.6 is 0 Å². The molecule has 0 bridgehead atoms. The van der Waals surface area contributed by atoms with Gasteiger partial charge in [0.25, 0.3) is 5.91 Å². The molecule has 0 radical (unpaired) electrons. The Balaban J connectivity index is 1.64. The van der Waals surface area contributed by atoms with Gasteiger partial charge in [-0.15, -0.1) is 0 Å². The largest absolute Gasteiger partial charge is 0.492 e. The number of benzene rings is 2. The Morgan fingerprint density at radius 1 is 1.10 bits per heavy atom. The van der Waals surface area contributed by atoms with E-state index in [0.29, 0.717) is 16.9 Å². The van der Waals surface area contributed by atoms with E-state index in [1.165, 1.54) is 31.2 Å². The molecule has 0 unspecified atom stereocenters. The van der Waals surface area contributed by atoms with Gasteiger partial charge in [-0.1, -0.05) is 12.1 Å². The summed E-state index contributed by atoms with van der Waals surface area (Å²) in [7, 11) is 0. The van der Waals surface area contributed by atoms with E-state index in [9.17, 15) is 18.4 Å². The van der Waals surface area contributed by atoms with E-state index in [0.717, 1.165) is 4.90 Å². The summed E-state index contributed by atoms with van der Waals surface area (Å²) >= 11 is 0. The van der Waals surface area contributed by atoms with Crippen molar-refractivity contribution in [3.05, 3.63) is 59.7 Å². The van der Waals surface area contributed by atoms with Gasteiger partial charge in [0.15, 0.2) is 0 Å². The Morgan fingerprint density at radius 2 is 1.72 bits per heavy atom. The molecule has 0 saturated carbocycles. The molecule has 2 aromatic carbocycles. The summed E-state index contributed by atoms with van der Waals surface area (Å²) in [6.45, 7) is -1.32. The van der Waals surface area contributed by atoms with Crippen LogP contribution in [0.5, 0.6) is 11.5 Å². The number of rotatable bonds is 7. The third kappa shape index (κ3) is 4.27. The molecule has 7 nitrogen and oxygen atoms in total. The van der Waals surface area contributed by atoms with E-state index in [1.54, 1.807) is 24.3 Å². The molecule has 1 aliphatic rings. The van der Waals surface area contributed by atoms with Gasteiger partial charge in [0, 0.05) is 0 Å². The SMILES string of the molecule is C[C@@]1(c2ccc(OC(F)F)cc2)NC(=O)N(CCOc2ccc(C#N)cc2)C1=O. The van der Waals surface area contributed by atoms with Crippen molar-refractivity contribution in [2.24, 2.45) is 0 Å². The number of hydrogen-bond acceptors (Lipinski definition) is 5. The Bertz CT molecular complexity index is 942. The Labute approximate surface area is 165 Å². The molecule has 1 fully saturated rings. The normalized spacial score (nSPS) is 18.5. The van der Waals surface area contributed by atoms with Crippen LogP contribution in [0.1, 0.15) is 18.1 Å². The fourth-order valence-electron chi connectivity index (χ4n) is 2.95. The number of imide groups is 1. The lowest BCUT2D eigenvalue weighted by Gasteiger charge is -2.22. The van der Waals surface area contributed by atoms with Crippen molar-refractivity contribution >= 4 is 11.9 Å². The van der Waals surface area contributed by atoms with Crippen molar-refractivity contribution < 1.29 is 27.8 Å². The van der Waals surface area contributed by atoms with E-state index in [2.05, 4.69) is 10.1 Å². The minimum atomic E-state index is -2.95. The minimum absolute atomic E-state index is 0.0207. The number of nitrogens with zero attached hydrogens (tertiary/aromatic N) is 2. The maximum Gasteiger partial charge on any atom is 0.387 e. The molecule has 1 heterocycles. The first-order valence-electron chi connectivity index (χ1n) is 8.66. The molecule has 2 aromatic rings. The van der Waals surface area contributed by atoms with Gasteiger partial charge in [-0.05, 0) is 48.9 Å². The number of carbonyl (C=O) groups is 2. The maximum absolute atomic E-state index is 12.8. The molecule has 0 aliphatic carbocycles. The number of amides is 3. The first kappa shape index (κ1) is 20.1. The summed E-state index contributed by atoms with van der Waals surface area (Å²) < 4.78 is 34.4. The third-order valence-electron chi connectivity index (χ3n) is 4.50. The van der Waals surface area contributed by atoms with E-state index in [4.69, 9.17) is 10.00 Å². The number of urea groups is 1. The summed E-state index contributed by atoms with van der Waals surface area (Å²) in [5.74, 6) is -0.0151. The monoisotopic (exact) mass is 401 g/mol. The Morgan fingerprint density at radius 3 is 2.31 bits per heavy atom. The first-order valence-corrected chi connectivity index (χ1v) is 8.66. The lowest BCUT2D eigenvalue weighted by Crippen LogP contribution is -2.41. The van der Waals surface area contributed by atoms with Crippen molar-refractivity contribution in [3.8, 4) is 17.6 Å². The summed E-state index contributed by atoms with van der Waals surface area (Å²) in [6, 6.07) is 13.4. The van der Waals surface area contributed by atoms with E-state index < -0.39 is 24.1 Å². The van der Waals surface area contributed by atoms with Crippen LogP contribution in [-0.4, -0.2) is 36.6 Å². The van der Waals surface area contributed by atoms with Crippen LogP contribution < -0.4 is 14.8 Å². The average Bonchev–Trinajstić information content (AvgIpc) is 2.92. The Kier molecular flexibility index (Phi) is 5.64. The summed E-state index contributed by atoms with van der Waals surface area (Å²) in [5, 5.41) is 11.4. The van der Waals surface area contributed by atoms with Crippen LogP contribution in [-0.2, 0) is 10.3 Å². The van der Waals surface area contributed by atoms with Crippen LogP contribution in [0.2, 0.25) is 0 Å². The van der Waals surface area contributed by atoms with E-state index in [1.807, 2.05) is 6.07 Å². The molecule has 1 N–H and O–H groups in total. The van der Waals surface area contributed by atoms with Crippen molar-refractivity contribution in [1.29, 1.82) is 5.26 Å². The number of nitriles is 1. The summed E-state index contributed by atoms with van der Waals surface area (Å²) in [6.07, 6.45) is 0. The van der Waals surface area contributed by atoms with Crippen LogP contribution in [0.3, 0.4) is 0 Å². The van der Waals surface area contributed by atoms with Crippen LogP contribution in [0.25, 0.3) is 0 Å². The molecule has 1 saturated heterocycles.